The Morgan fingerprint density at radius 2 is 1.75 bits per heavy atom. The number of fused-ring (bicyclic) bond motifs is 1. The second-order valence-electron chi connectivity index (χ2n) is 7.13. The van der Waals surface area contributed by atoms with E-state index >= 15 is 0 Å². The van der Waals surface area contributed by atoms with Crippen LogP contribution in [0.25, 0.3) is 10.2 Å². The Kier molecular flexibility index (Phi) is 6.32. The molecule has 0 aliphatic rings. The lowest BCUT2D eigenvalue weighted by Crippen LogP contribution is -2.16. The monoisotopic (exact) mass is 529 g/mol. The van der Waals surface area contributed by atoms with Gasteiger partial charge in [-0.3, -0.25) is 9.52 Å². The molecule has 0 saturated carbocycles. The number of para-hydroxylation sites is 1. The molecule has 4 aromatic rings. The number of rotatable bonds is 5. The van der Waals surface area contributed by atoms with Crippen LogP contribution in [0.2, 0.25) is 0 Å². The van der Waals surface area contributed by atoms with Gasteiger partial charge in [0.15, 0.2) is 4.80 Å². The van der Waals surface area contributed by atoms with E-state index in [1.165, 1.54) is 11.3 Å². The number of thiazole rings is 1. The first kappa shape index (κ1) is 22.4. The van der Waals surface area contributed by atoms with Gasteiger partial charge in [-0.15, -0.1) is 0 Å². The van der Waals surface area contributed by atoms with Crippen LogP contribution in [0.4, 0.5) is 5.69 Å². The number of anilines is 1. The van der Waals surface area contributed by atoms with E-state index in [1.807, 2.05) is 36.6 Å². The van der Waals surface area contributed by atoms with Crippen LogP contribution in [0.1, 0.15) is 22.8 Å². The summed E-state index contributed by atoms with van der Waals surface area (Å²) < 4.78 is 31.6. The Balaban J connectivity index is 1.60. The fraction of sp³-hybridized carbons (Fsp3) is 0.130. The molecule has 0 spiro atoms. The molecule has 1 aromatic heterocycles. The summed E-state index contributed by atoms with van der Waals surface area (Å²) in [6.45, 7) is 4.57. The summed E-state index contributed by atoms with van der Waals surface area (Å²) >= 11 is 5.02. The standard InChI is InChI=1S/C23H20BrN3O3S2/c1-3-27-21-19(24)5-4-6-20(21)31-23(27)25-22(28)16-9-11-17(12-10-16)26-32(29,30)18-13-7-15(2)8-14-18/h4-14,26H,3H2,1-2H3. The zero-order valence-corrected chi connectivity index (χ0v) is 20.6. The van der Waals surface area contributed by atoms with Crippen molar-refractivity contribution in [2.24, 2.45) is 4.99 Å². The number of hydrogen-bond acceptors (Lipinski definition) is 4. The number of sulfonamides is 1. The third-order valence-corrected chi connectivity index (χ3v) is 7.96. The van der Waals surface area contributed by atoms with Gasteiger partial charge in [0.05, 0.1) is 15.1 Å². The van der Waals surface area contributed by atoms with Crippen LogP contribution in [0.3, 0.4) is 0 Å². The van der Waals surface area contributed by atoms with Gasteiger partial charge in [0.2, 0.25) is 0 Å². The van der Waals surface area contributed by atoms with Crippen molar-refractivity contribution < 1.29 is 13.2 Å². The molecule has 4 rings (SSSR count). The highest BCUT2D eigenvalue weighted by Gasteiger charge is 2.15. The van der Waals surface area contributed by atoms with Gasteiger partial charge in [-0.05, 0) is 78.3 Å². The summed E-state index contributed by atoms with van der Waals surface area (Å²) in [6.07, 6.45) is 0. The smallest absolute Gasteiger partial charge is 0.279 e. The molecule has 0 aliphatic heterocycles. The van der Waals surface area contributed by atoms with Crippen molar-refractivity contribution in [3.63, 3.8) is 0 Å². The Bertz CT molecular complexity index is 1470. The quantitative estimate of drug-likeness (QED) is 0.379. The van der Waals surface area contributed by atoms with E-state index in [2.05, 4.69) is 25.6 Å². The van der Waals surface area contributed by atoms with Gasteiger partial charge in [0.25, 0.3) is 15.9 Å². The van der Waals surface area contributed by atoms with Gasteiger partial charge in [-0.25, -0.2) is 8.42 Å². The Morgan fingerprint density at radius 1 is 1.06 bits per heavy atom. The average molecular weight is 530 g/mol. The van der Waals surface area contributed by atoms with Crippen LogP contribution in [0.5, 0.6) is 0 Å². The topological polar surface area (TPSA) is 80.5 Å². The minimum absolute atomic E-state index is 0.179. The molecule has 1 amide bonds. The maximum absolute atomic E-state index is 12.8. The molecule has 0 unspecified atom stereocenters. The van der Waals surface area contributed by atoms with E-state index in [1.54, 1.807) is 48.5 Å². The first-order valence-corrected chi connectivity index (χ1v) is 12.9. The molecule has 0 aliphatic carbocycles. The Hall–Kier alpha value is -2.75. The fourth-order valence-corrected chi connectivity index (χ4v) is 6.12. The van der Waals surface area contributed by atoms with Gasteiger partial charge >= 0.3 is 0 Å². The average Bonchev–Trinajstić information content (AvgIpc) is 3.12. The van der Waals surface area contributed by atoms with Crippen molar-refractivity contribution in [3.05, 3.63) is 87.1 Å². The second-order valence-corrected chi connectivity index (χ2v) is 10.7. The highest BCUT2D eigenvalue weighted by molar-refractivity contribution is 9.10. The number of aromatic nitrogens is 1. The van der Waals surface area contributed by atoms with Crippen LogP contribution in [-0.4, -0.2) is 18.9 Å². The highest BCUT2D eigenvalue weighted by atomic mass is 79.9. The molecule has 32 heavy (non-hydrogen) atoms. The molecule has 3 aromatic carbocycles. The predicted molar refractivity (Wildman–Crippen MR) is 132 cm³/mol. The molecule has 0 fully saturated rings. The molecule has 164 valence electrons. The summed E-state index contributed by atoms with van der Waals surface area (Å²) in [5.41, 5.74) is 2.73. The SMILES string of the molecule is CCn1c(=NC(=O)c2ccc(NS(=O)(=O)c3ccc(C)cc3)cc2)sc2cccc(Br)c21. The van der Waals surface area contributed by atoms with Crippen LogP contribution < -0.4 is 9.52 Å². The van der Waals surface area contributed by atoms with Gasteiger partial charge in [-0.1, -0.05) is 35.1 Å². The first-order valence-electron chi connectivity index (χ1n) is 9.85. The third kappa shape index (κ3) is 4.55. The van der Waals surface area contributed by atoms with Gasteiger partial charge in [-0.2, -0.15) is 4.99 Å². The van der Waals surface area contributed by atoms with Crippen LogP contribution in [0, 0.1) is 6.92 Å². The van der Waals surface area contributed by atoms with Gasteiger partial charge in [0.1, 0.15) is 0 Å². The maximum atomic E-state index is 12.8. The number of carbonyl (C=O) groups is 1. The number of amides is 1. The molecule has 6 nitrogen and oxygen atoms in total. The zero-order chi connectivity index (χ0) is 22.9. The summed E-state index contributed by atoms with van der Waals surface area (Å²) in [6, 6.07) is 18.8. The number of nitrogens with one attached hydrogen (secondary N) is 1. The van der Waals surface area contributed by atoms with E-state index in [4.69, 9.17) is 0 Å². The van der Waals surface area contributed by atoms with Crippen LogP contribution >= 0.6 is 27.3 Å². The maximum Gasteiger partial charge on any atom is 0.279 e. The third-order valence-electron chi connectivity index (χ3n) is 4.88. The van der Waals surface area contributed by atoms with Gasteiger partial charge < -0.3 is 4.57 Å². The van der Waals surface area contributed by atoms with E-state index in [0.717, 1.165) is 20.3 Å². The number of benzene rings is 3. The molecule has 0 radical (unpaired) electrons. The Morgan fingerprint density at radius 3 is 2.41 bits per heavy atom. The molecule has 1 heterocycles. The van der Waals surface area contributed by atoms with Crippen molar-refractivity contribution in [3.8, 4) is 0 Å². The summed E-state index contributed by atoms with van der Waals surface area (Å²) in [4.78, 5) is 17.9. The normalized spacial score (nSPS) is 12.3. The van der Waals surface area contributed by atoms with E-state index < -0.39 is 10.0 Å². The molecule has 1 N–H and O–H groups in total. The summed E-state index contributed by atoms with van der Waals surface area (Å²) in [5.74, 6) is -0.386. The number of halogens is 1. The molecular weight excluding hydrogens is 510 g/mol. The second kappa shape index (κ2) is 9.01. The molecule has 0 bridgehead atoms. The summed E-state index contributed by atoms with van der Waals surface area (Å²) in [7, 11) is -3.70. The number of hydrogen-bond donors (Lipinski definition) is 1. The van der Waals surface area contributed by atoms with Crippen LogP contribution in [-0.2, 0) is 16.6 Å². The number of aryl methyl sites for hydroxylation is 2. The number of carbonyl (C=O) groups excluding carboxylic acids is 1. The van der Waals surface area contributed by atoms with Crippen LogP contribution in [0.15, 0.2) is 81.1 Å². The van der Waals surface area contributed by atoms with Gasteiger partial charge in [0, 0.05) is 22.3 Å². The highest BCUT2D eigenvalue weighted by Crippen LogP contribution is 2.26. The largest absolute Gasteiger partial charge is 0.316 e. The minimum Gasteiger partial charge on any atom is -0.316 e. The van der Waals surface area contributed by atoms with Crippen molar-refractivity contribution in [1.29, 1.82) is 0 Å². The molecule has 9 heteroatoms. The lowest BCUT2D eigenvalue weighted by molar-refractivity contribution is 0.0998. The molecular formula is C23H20BrN3O3S2. The van der Waals surface area contributed by atoms with Crippen molar-refractivity contribution >= 4 is 59.1 Å². The van der Waals surface area contributed by atoms with E-state index in [-0.39, 0.29) is 10.8 Å². The molecule has 0 atom stereocenters. The first-order chi connectivity index (χ1) is 15.3. The van der Waals surface area contributed by atoms with Crippen molar-refractivity contribution in [1.82, 2.24) is 4.57 Å². The summed E-state index contributed by atoms with van der Waals surface area (Å²) in [5, 5.41) is 0. The minimum atomic E-state index is -3.70. The van der Waals surface area contributed by atoms with E-state index in [0.29, 0.717) is 22.6 Å². The fourth-order valence-electron chi connectivity index (χ4n) is 3.23. The van der Waals surface area contributed by atoms with E-state index in [9.17, 15) is 13.2 Å². The zero-order valence-electron chi connectivity index (χ0n) is 17.4. The van der Waals surface area contributed by atoms with Crippen molar-refractivity contribution in [2.45, 2.75) is 25.3 Å². The Labute approximate surface area is 198 Å². The predicted octanol–water partition coefficient (Wildman–Crippen LogP) is 5.34. The lowest BCUT2D eigenvalue weighted by Gasteiger charge is -2.08. The molecule has 0 saturated heterocycles. The number of nitrogens with zero attached hydrogens (tertiary/aromatic N) is 2. The van der Waals surface area contributed by atoms with Crippen molar-refractivity contribution in [2.75, 3.05) is 4.72 Å². The lowest BCUT2D eigenvalue weighted by atomic mass is 10.2.